The third-order valence-electron chi connectivity index (χ3n) is 11.5. The first-order chi connectivity index (χ1) is 14.8. The average Bonchev–Trinajstić information content (AvgIpc) is 3.00. The molecule has 0 aromatic carbocycles. The standard InChI is InChI=1S/C31H48O/c1-20(2)21(3)10-11-22(4)23-14-18-31(9)25-12-13-26-28(5,6)27(32)16-17-29(26,7)24(25)15-19-30(23,31)8/h12,15,20,22-23,26H,3,10-11,13-14,16-19H2,1-2,4-9H3/t22-,23-,26+,29-,30-,31+/m1/s1. The number of allylic oxidation sites excluding steroid dienone is 5. The van der Waals surface area contributed by atoms with Gasteiger partial charge in [-0.2, -0.15) is 0 Å². The Bertz CT molecular complexity index is 869. The van der Waals surface area contributed by atoms with Crippen LogP contribution in [0.25, 0.3) is 0 Å². The van der Waals surface area contributed by atoms with Crippen molar-refractivity contribution >= 4 is 5.78 Å². The van der Waals surface area contributed by atoms with Gasteiger partial charge >= 0.3 is 0 Å². The molecule has 0 saturated heterocycles. The van der Waals surface area contributed by atoms with Crippen LogP contribution < -0.4 is 0 Å². The average molecular weight is 437 g/mol. The first-order valence-electron chi connectivity index (χ1n) is 13.4. The summed E-state index contributed by atoms with van der Waals surface area (Å²) in [5, 5.41) is 0. The zero-order valence-corrected chi connectivity index (χ0v) is 22.2. The van der Waals surface area contributed by atoms with E-state index in [1.807, 2.05) is 0 Å². The lowest BCUT2D eigenvalue weighted by molar-refractivity contribution is -0.138. The number of carbonyl (C=O) groups excluding carboxylic acids is 1. The Balaban J connectivity index is 1.64. The molecule has 178 valence electrons. The molecule has 0 aromatic heterocycles. The highest BCUT2D eigenvalue weighted by atomic mass is 16.1. The number of Topliss-reactive ketones (excluding diaryl/α,β-unsaturated/α-hetero) is 1. The molecule has 0 bridgehead atoms. The van der Waals surface area contributed by atoms with Crippen molar-refractivity contribution < 1.29 is 4.79 Å². The van der Waals surface area contributed by atoms with E-state index in [-0.39, 0.29) is 16.2 Å². The topological polar surface area (TPSA) is 17.1 Å². The van der Waals surface area contributed by atoms with Crippen LogP contribution in [0.1, 0.15) is 107 Å². The predicted octanol–water partition coefficient (Wildman–Crippen LogP) is 8.71. The lowest BCUT2D eigenvalue weighted by Gasteiger charge is -2.59. The fourth-order valence-electron chi connectivity index (χ4n) is 8.66. The second-order valence-corrected chi connectivity index (χ2v) is 13.5. The van der Waals surface area contributed by atoms with E-state index in [2.05, 4.69) is 74.1 Å². The second-order valence-electron chi connectivity index (χ2n) is 13.5. The summed E-state index contributed by atoms with van der Waals surface area (Å²) < 4.78 is 0. The summed E-state index contributed by atoms with van der Waals surface area (Å²) in [6.07, 6.45) is 14.4. The van der Waals surface area contributed by atoms with Gasteiger partial charge in [-0.25, -0.2) is 0 Å². The Morgan fingerprint density at radius 3 is 2.41 bits per heavy atom. The lowest BCUT2D eigenvalue weighted by Crippen LogP contribution is -2.53. The Morgan fingerprint density at radius 2 is 1.75 bits per heavy atom. The molecule has 0 spiro atoms. The Labute approximate surface area is 198 Å². The molecule has 32 heavy (non-hydrogen) atoms. The van der Waals surface area contributed by atoms with Gasteiger partial charge in [0.05, 0.1) is 0 Å². The molecule has 2 fully saturated rings. The molecule has 4 rings (SSSR count). The largest absolute Gasteiger partial charge is 0.299 e. The van der Waals surface area contributed by atoms with Gasteiger partial charge in [0.1, 0.15) is 5.78 Å². The van der Waals surface area contributed by atoms with Gasteiger partial charge in [0, 0.05) is 11.8 Å². The van der Waals surface area contributed by atoms with Gasteiger partial charge in [-0.15, -0.1) is 0 Å². The van der Waals surface area contributed by atoms with Crippen LogP contribution >= 0.6 is 0 Å². The molecule has 4 aliphatic rings. The summed E-state index contributed by atoms with van der Waals surface area (Å²) in [4.78, 5) is 12.8. The van der Waals surface area contributed by atoms with Crippen molar-refractivity contribution in [3.63, 3.8) is 0 Å². The van der Waals surface area contributed by atoms with Crippen LogP contribution in [0.5, 0.6) is 0 Å². The van der Waals surface area contributed by atoms with Crippen molar-refractivity contribution in [2.75, 3.05) is 0 Å². The molecule has 0 aromatic rings. The molecular formula is C31H48O. The van der Waals surface area contributed by atoms with Crippen LogP contribution in [-0.4, -0.2) is 5.78 Å². The highest BCUT2D eigenvalue weighted by molar-refractivity contribution is 5.86. The van der Waals surface area contributed by atoms with Crippen molar-refractivity contribution in [1.82, 2.24) is 0 Å². The van der Waals surface area contributed by atoms with E-state index in [1.165, 1.54) is 37.7 Å². The number of hydrogen-bond acceptors (Lipinski definition) is 1. The molecule has 6 atom stereocenters. The summed E-state index contributed by atoms with van der Waals surface area (Å²) in [5.41, 5.74) is 5.26. The molecule has 0 amide bonds. The van der Waals surface area contributed by atoms with Crippen molar-refractivity contribution in [3.05, 3.63) is 35.5 Å². The van der Waals surface area contributed by atoms with Crippen LogP contribution in [0.4, 0.5) is 0 Å². The van der Waals surface area contributed by atoms with Crippen LogP contribution in [-0.2, 0) is 4.79 Å². The van der Waals surface area contributed by atoms with E-state index < -0.39 is 0 Å². The molecule has 0 aliphatic heterocycles. The van der Waals surface area contributed by atoms with Gasteiger partial charge in [-0.3, -0.25) is 4.79 Å². The number of rotatable bonds is 5. The third-order valence-corrected chi connectivity index (χ3v) is 11.5. The third kappa shape index (κ3) is 3.19. The van der Waals surface area contributed by atoms with Gasteiger partial charge in [-0.05, 0) is 96.0 Å². The van der Waals surface area contributed by atoms with Gasteiger partial charge < -0.3 is 0 Å². The quantitative estimate of drug-likeness (QED) is 0.394. The molecule has 1 heteroatoms. The lowest BCUT2D eigenvalue weighted by atomic mass is 9.44. The number of fused-ring (bicyclic) bond motifs is 5. The van der Waals surface area contributed by atoms with Crippen LogP contribution in [0.15, 0.2) is 35.5 Å². The monoisotopic (exact) mass is 436 g/mol. The molecule has 2 saturated carbocycles. The summed E-state index contributed by atoms with van der Waals surface area (Å²) in [7, 11) is 0. The van der Waals surface area contributed by atoms with Crippen LogP contribution in [0.3, 0.4) is 0 Å². The minimum atomic E-state index is -0.205. The van der Waals surface area contributed by atoms with E-state index in [9.17, 15) is 4.79 Å². The molecule has 0 unspecified atom stereocenters. The van der Waals surface area contributed by atoms with Gasteiger partial charge in [-0.1, -0.05) is 79.7 Å². The predicted molar refractivity (Wildman–Crippen MR) is 136 cm³/mol. The van der Waals surface area contributed by atoms with Crippen molar-refractivity contribution in [2.45, 2.75) is 107 Å². The highest BCUT2D eigenvalue weighted by Gasteiger charge is 2.63. The van der Waals surface area contributed by atoms with E-state index in [1.54, 1.807) is 11.1 Å². The summed E-state index contributed by atoms with van der Waals surface area (Å²) >= 11 is 0. The zero-order valence-electron chi connectivity index (χ0n) is 22.2. The van der Waals surface area contributed by atoms with Crippen molar-refractivity contribution in [3.8, 4) is 0 Å². The Kier molecular flexibility index (Phi) is 5.79. The molecule has 0 heterocycles. The minimum Gasteiger partial charge on any atom is -0.299 e. The number of carbonyl (C=O) groups is 1. The van der Waals surface area contributed by atoms with E-state index in [4.69, 9.17) is 0 Å². The number of ketones is 1. The van der Waals surface area contributed by atoms with E-state index >= 15 is 0 Å². The van der Waals surface area contributed by atoms with Crippen LogP contribution in [0.2, 0.25) is 0 Å². The first kappa shape index (κ1) is 24.0. The first-order valence-corrected chi connectivity index (χ1v) is 13.4. The smallest absolute Gasteiger partial charge is 0.138 e. The second kappa shape index (κ2) is 7.71. The van der Waals surface area contributed by atoms with Gasteiger partial charge in [0.15, 0.2) is 0 Å². The fraction of sp³-hybridized carbons (Fsp3) is 0.774. The van der Waals surface area contributed by atoms with Crippen molar-refractivity contribution in [2.24, 2.45) is 45.3 Å². The fourth-order valence-corrected chi connectivity index (χ4v) is 8.66. The van der Waals surface area contributed by atoms with Gasteiger partial charge in [0.2, 0.25) is 0 Å². The molecule has 4 aliphatic carbocycles. The maximum Gasteiger partial charge on any atom is 0.138 e. The Hall–Kier alpha value is -1.11. The maximum atomic E-state index is 12.8. The molecule has 0 radical (unpaired) electrons. The van der Waals surface area contributed by atoms with Gasteiger partial charge in [0.25, 0.3) is 0 Å². The maximum absolute atomic E-state index is 12.8. The van der Waals surface area contributed by atoms with E-state index in [0.29, 0.717) is 23.0 Å². The summed E-state index contributed by atoms with van der Waals surface area (Å²) in [6, 6.07) is 0. The van der Waals surface area contributed by atoms with Crippen molar-refractivity contribution in [1.29, 1.82) is 0 Å². The summed E-state index contributed by atoms with van der Waals surface area (Å²) in [5.74, 6) is 3.03. The minimum absolute atomic E-state index is 0.157. The molecule has 1 nitrogen and oxygen atoms in total. The zero-order chi connectivity index (χ0) is 23.7. The van der Waals surface area contributed by atoms with Crippen LogP contribution in [0, 0.1) is 45.3 Å². The summed E-state index contributed by atoms with van der Waals surface area (Å²) in [6.45, 7) is 23.5. The molecular weight excluding hydrogens is 388 g/mol. The van der Waals surface area contributed by atoms with E-state index in [0.717, 1.165) is 31.1 Å². The molecule has 0 N–H and O–H groups in total. The normalized spacial score (nSPS) is 41.3. The SMILES string of the molecule is C=C(CC[C@@H](C)[C@H]1CC[C@@]2(C)C3=CC[C@H]4C(C)(C)C(=O)CC[C@]4(C)C3=CC[C@]12C)C(C)C. The highest BCUT2D eigenvalue weighted by Crippen LogP contribution is 2.71. The number of hydrogen-bond donors (Lipinski definition) is 0. The Morgan fingerprint density at radius 1 is 1.06 bits per heavy atom.